The van der Waals surface area contributed by atoms with Crippen molar-refractivity contribution >= 4 is 18.2 Å². The molecule has 0 fully saturated rings. The van der Waals surface area contributed by atoms with E-state index in [0.29, 0.717) is 28.2 Å². The first-order chi connectivity index (χ1) is 15.9. The zero-order chi connectivity index (χ0) is 24.2. The Morgan fingerprint density at radius 3 is 2.64 bits per heavy atom. The number of amides is 3. The number of hydrogen-bond acceptors (Lipinski definition) is 5. The van der Waals surface area contributed by atoms with Gasteiger partial charge in [0.15, 0.2) is 11.6 Å². The van der Waals surface area contributed by atoms with Gasteiger partial charge in [0.1, 0.15) is 0 Å². The molecule has 3 amide bonds. The highest BCUT2D eigenvalue weighted by atomic mass is 19.1. The number of carbonyl (C=O) groups is 3. The van der Waals surface area contributed by atoms with Gasteiger partial charge >= 0.3 is 0 Å². The van der Waals surface area contributed by atoms with Gasteiger partial charge in [0.2, 0.25) is 12.3 Å². The first-order valence-corrected chi connectivity index (χ1v) is 10.8. The van der Waals surface area contributed by atoms with Crippen molar-refractivity contribution in [3.63, 3.8) is 0 Å². The van der Waals surface area contributed by atoms with Crippen LogP contribution < -0.4 is 15.4 Å². The normalized spacial score (nSPS) is 11.4. The lowest BCUT2D eigenvalue weighted by molar-refractivity contribution is -0.154. The largest absolute Gasteiger partial charge is 0.494 e. The van der Waals surface area contributed by atoms with Crippen LogP contribution in [0, 0.1) is 11.7 Å². The summed E-state index contributed by atoms with van der Waals surface area (Å²) < 4.78 is 19.6. The number of unbranched alkanes of at least 4 members (excludes halogenated alkanes) is 2. The van der Waals surface area contributed by atoms with Crippen molar-refractivity contribution in [2.24, 2.45) is 5.92 Å². The van der Waals surface area contributed by atoms with Crippen LogP contribution in [0.2, 0.25) is 0 Å². The van der Waals surface area contributed by atoms with Gasteiger partial charge < -0.3 is 15.4 Å². The lowest BCUT2D eigenvalue weighted by Gasteiger charge is -2.19. The number of nitrogens with zero attached hydrogens (tertiary/aromatic N) is 1. The van der Waals surface area contributed by atoms with Gasteiger partial charge in [-0.1, -0.05) is 50.5 Å². The van der Waals surface area contributed by atoms with Crippen LogP contribution in [-0.2, 0) is 9.59 Å². The number of methoxy groups -OCH3 is 1. The molecule has 0 aliphatic heterocycles. The molecule has 0 saturated carbocycles. The summed E-state index contributed by atoms with van der Waals surface area (Å²) in [4.78, 5) is 35.7. The highest BCUT2D eigenvalue weighted by Crippen LogP contribution is 2.29. The number of rotatable bonds is 13. The minimum Gasteiger partial charge on any atom is -0.494 e. The van der Waals surface area contributed by atoms with Gasteiger partial charge in [-0.2, -0.15) is 0 Å². The molecule has 0 aliphatic rings. The lowest BCUT2D eigenvalue weighted by Crippen LogP contribution is -2.43. The summed E-state index contributed by atoms with van der Waals surface area (Å²) in [5.41, 5.74) is 1.11. The van der Waals surface area contributed by atoms with Gasteiger partial charge in [0.25, 0.3) is 5.91 Å². The second kappa shape index (κ2) is 13.2. The maximum atomic E-state index is 14.6. The molecule has 0 bridgehead atoms. The van der Waals surface area contributed by atoms with Crippen molar-refractivity contribution in [2.75, 3.05) is 20.3 Å². The summed E-state index contributed by atoms with van der Waals surface area (Å²) in [7, 11) is 1.38. The SMILES string of the molecule is CCCCC[C@H](CN(O)C=O)C(=O)NCNC(=O)c1cccc(-c2cccc(OC)c2F)c1. The highest BCUT2D eigenvalue weighted by molar-refractivity contribution is 5.95. The third kappa shape index (κ3) is 7.57. The molecule has 0 aliphatic carbocycles. The first kappa shape index (κ1) is 25.8. The Bertz CT molecular complexity index is 953. The van der Waals surface area contributed by atoms with Crippen LogP contribution in [0.3, 0.4) is 0 Å². The van der Waals surface area contributed by atoms with Crippen molar-refractivity contribution in [1.29, 1.82) is 0 Å². The first-order valence-electron chi connectivity index (χ1n) is 10.8. The molecule has 0 spiro atoms. The fraction of sp³-hybridized carbons (Fsp3) is 0.375. The smallest absolute Gasteiger partial charge is 0.252 e. The highest BCUT2D eigenvalue weighted by Gasteiger charge is 2.20. The van der Waals surface area contributed by atoms with Gasteiger partial charge in [-0.3, -0.25) is 19.6 Å². The Kier molecular flexibility index (Phi) is 10.3. The molecular weight excluding hydrogens is 429 g/mol. The van der Waals surface area contributed by atoms with E-state index < -0.39 is 17.6 Å². The van der Waals surface area contributed by atoms with Crippen molar-refractivity contribution < 1.29 is 28.7 Å². The van der Waals surface area contributed by atoms with Gasteiger partial charge in [-0.15, -0.1) is 0 Å². The molecule has 0 heterocycles. The Labute approximate surface area is 192 Å². The maximum absolute atomic E-state index is 14.6. The number of hydrogen-bond donors (Lipinski definition) is 3. The maximum Gasteiger partial charge on any atom is 0.252 e. The second-order valence-corrected chi connectivity index (χ2v) is 7.55. The number of nitrogens with one attached hydrogen (secondary N) is 2. The number of carbonyl (C=O) groups excluding carboxylic acids is 3. The number of hydroxylamine groups is 2. The minimum atomic E-state index is -0.594. The van der Waals surface area contributed by atoms with E-state index in [1.165, 1.54) is 13.2 Å². The molecule has 0 unspecified atom stereocenters. The summed E-state index contributed by atoms with van der Waals surface area (Å²) >= 11 is 0. The standard InChI is InChI=1S/C24H30FN3O5/c1-3-4-5-8-19(14-28(32)16-29)24(31)27-15-26-23(30)18-10-6-9-17(13-18)20-11-7-12-21(33-2)22(20)25/h6-7,9-13,16,19,32H,3-5,8,14-15H2,1-2H3,(H,26,30)(H,27,31)/t19-/m1/s1. The molecule has 3 N–H and O–H groups in total. The molecule has 33 heavy (non-hydrogen) atoms. The Hall–Kier alpha value is -3.46. The molecule has 1 atom stereocenters. The van der Waals surface area contributed by atoms with Crippen LogP contribution in [0.4, 0.5) is 4.39 Å². The van der Waals surface area contributed by atoms with E-state index in [1.54, 1.807) is 36.4 Å². The van der Waals surface area contributed by atoms with E-state index in [0.717, 1.165) is 19.3 Å². The predicted molar refractivity (Wildman–Crippen MR) is 121 cm³/mol. The Morgan fingerprint density at radius 1 is 1.18 bits per heavy atom. The van der Waals surface area contributed by atoms with E-state index in [1.807, 2.05) is 6.92 Å². The molecule has 0 saturated heterocycles. The fourth-order valence-electron chi connectivity index (χ4n) is 3.39. The zero-order valence-corrected chi connectivity index (χ0v) is 18.8. The van der Waals surface area contributed by atoms with Gasteiger partial charge in [-0.05, 0) is 30.2 Å². The molecule has 0 radical (unpaired) electrons. The predicted octanol–water partition coefficient (Wildman–Crippen LogP) is 3.35. The topological polar surface area (TPSA) is 108 Å². The van der Waals surface area contributed by atoms with E-state index in [-0.39, 0.29) is 31.3 Å². The van der Waals surface area contributed by atoms with Crippen LogP contribution in [-0.4, -0.2) is 48.8 Å². The summed E-state index contributed by atoms with van der Waals surface area (Å²) in [6.07, 6.45) is 3.44. The number of halogens is 1. The van der Waals surface area contributed by atoms with E-state index in [2.05, 4.69) is 10.6 Å². The van der Waals surface area contributed by atoms with Crippen LogP contribution >= 0.6 is 0 Å². The lowest BCUT2D eigenvalue weighted by atomic mass is 10.00. The third-order valence-electron chi connectivity index (χ3n) is 5.19. The number of ether oxygens (including phenoxy) is 1. The van der Waals surface area contributed by atoms with Crippen molar-refractivity contribution in [1.82, 2.24) is 15.7 Å². The average molecular weight is 460 g/mol. The van der Waals surface area contributed by atoms with Crippen LogP contribution in [0.25, 0.3) is 11.1 Å². The average Bonchev–Trinajstić information content (AvgIpc) is 2.83. The van der Waals surface area contributed by atoms with Crippen molar-refractivity contribution in [3.05, 3.63) is 53.8 Å². The summed E-state index contributed by atoms with van der Waals surface area (Å²) in [5, 5.41) is 15.1. The second-order valence-electron chi connectivity index (χ2n) is 7.55. The summed E-state index contributed by atoms with van der Waals surface area (Å²) in [6.45, 7) is 1.78. The molecule has 0 aromatic heterocycles. The van der Waals surface area contributed by atoms with Crippen molar-refractivity contribution in [2.45, 2.75) is 32.6 Å². The molecule has 178 valence electrons. The molecular formula is C24H30FN3O5. The zero-order valence-electron chi connectivity index (χ0n) is 18.8. The monoisotopic (exact) mass is 459 g/mol. The van der Waals surface area contributed by atoms with E-state index in [9.17, 15) is 24.0 Å². The van der Waals surface area contributed by atoms with Crippen LogP contribution in [0.1, 0.15) is 43.0 Å². The Balaban J connectivity index is 1.99. The molecule has 2 aromatic carbocycles. The molecule has 8 nitrogen and oxygen atoms in total. The van der Waals surface area contributed by atoms with Crippen LogP contribution in [0.5, 0.6) is 5.75 Å². The molecule has 2 aromatic rings. The minimum absolute atomic E-state index is 0.106. The van der Waals surface area contributed by atoms with E-state index in [4.69, 9.17) is 4.74 Å². The fourth-order valence-corrected chi connectivity index (χ4v) is 3.39. The number of benzene rings is 2. The summed E-state index contributed by atoms with van der Waals surface area (Å²) in [5.74, 6) is -1.83. The molecule has 2 rings (SSSR count). The molecule has 9 heteroatoms. The van der Waals surface area contributed by atoms with E-state index >= 15 is 0 Å². The van der Waals surface area contributed by atoms with Gasteiger partial charge in [0, 0.05) is 11.1 Å². The van der Waals surface area contributed by atoms with Crippen molar-refractivity contribution in [3.8, 4) is 16.9 Å². The summed E-state index contributed by atoms with van der Waals surface area (Å²) in [6, 6.07) is 11.2. The third-order valence-corrected chi connectivity index (χ3v) is 5.19. The Morgan fingerprint density at radius 2 is 1.94 bits per heavy atom. The quantitative estimate of drug-likeness (QED) is 0.140. The van der Waals surface area contributed by atoms with Gasteiger partial charge in [-0.25, -0.2) is 9.45 Å². The van der Waals surface area contributed by atoms with Crippen LogP contribution in [0.15, 0.2) is 42.5 Å². The van der Waals surface area contributed by atoms with Gasteiger partial charge in [0.05, 0.1) is 26.2 Å².